The normalized spacial score (nSPS) is 13.9. The van der Waals surface area contributed by atoms with E-state index in [0.717, 1.165) is 12.1 Å². The van der Waals surface area contributed by atoms with Gasteiger partial charge in [-0.3, -0.25) is 14.9 Å². The van der Waals surface area contributed by atoms with Crippen LogP contribution in [0.15, 0.2) is 59.1 Å². The summed E-state index contributed by atoms with van der Waals surface area (Å²) >= 11 is 3.12. The molecule has 0 aliphatic rings. The fraction of sp³-hybridized carbons (Fsp3) is 0.235. The number of ketones is 1. The minimum Gasteiger partial charge on any atom is -0.294 e. The lowest BCUT2D eigenvalue weighted by Gasteiger charge is -2.32. The maximum atomic E-state index is 13.9. The van der Waals surface area contributed by atoms with Gasteiger partial charge in [0.05, 0.1) is 0 Å². The molecule has 0 aliphatic carbocycles. The quantitative estimate of drug-likeness (QED) is 0.386. The van der Waals surface area contributed by atoms with E-state index in [1.54, 1.807) is 6.07 Å². The molecular formula is C17H13BrF3NO3. The predicted molar refractivity (Wildman–Crippen MR) is 89.1 cm³/mol. The second-order valence-corrected chi connectivity index (χ2v) is 6.46. The van der Waals surface area contributed by atoms with E-state index < -0.39 is 35.3 Å². The van der Waals surface area contributed by atoms with Crippen molar-refractivity contribution >= 4 is 21.7 Å². The predicted octanol–water partition coefficient (Wildman–Crippen LogP) is 4.80. The highest BCUT2D eigenvalue weighted by Gasteiger charge is 2.60. The molecule has 0 unspecified atom stereocenters. The Morgan fingerprint density at radius 3 is 2.08 bits per heavy atom. The molecule has 0 bridgehead atoms. The summed E-state index contributed by atoms with van der Waals surface area (Å²) in [4.78, 5) is 22.4. The van der Waals surface area contributed by atoms with Crippen molar-refractivity contribution in [2.75, 3.05) is 6.54 Å². The van der Waals surface area contributed by atoms with E-state index in [-0.39, 0.29) is 11.1 Å². The maximum Gasteiger partial charge on any atom is 0.405 e. The van der Waals surface area contributed by atoms with Crippen LogP contribution >= 0.6 is 15.9 Å². The average Bonchev–Trinajstić information content (AvgIpc) is 2.54. The molecule has 2 aromatic carbocycles. The molecule has 0 spiro atoms. The molecule has 4 nitrogen and oxygen atoms in total. The zero-order valence-corrected chi connectivity index (χ0v) is 14.4. The Kier molecular flexibility index (Phi) is 5.62. The molecule has 0 saturated heterocycles. The molecule has 0 radical (unpaired) electrons. The van der Waals surface area contributed by atoms with Gasteiger partial charge in [0.25, 0.3) is 0 Å². The Hall–Kier alpha value is -2.22. The topological polar surface area (TPSA) is 60.2 Å². The van der Waals surface area contributed by atoms with Crippen molar-refractivity contribution in [2.45, 2.75) is 18.0 Å². The van der Waals surface area contributed by atoms with Crippen LogP contribution in [0.3, 0.4) is 0 Å². The number of carbonyl (C=O) groups is 1. The van der Waals surface area contributed by atoms with Crippen LogP contribution in [-0.2, 0) is 5.41 Å². The van der Waals surface area contributed by atoms with Gasteiger partial charge < -0.3 is 0 Å². The summed E-state index contributed by atoms with van der Waals surface area (Å²) in [6.07, 6.45) is -6.01. The summed E-state index contributed by atoms with van der Waals surface area (Å²) in [6, 6.07) is 12.5. The lowest BCUT2D eigenvalue weighted by Crippen LogP contribution is -2.49. The van der Waals surface area contributed by atoms with Crippen molar-refractivity contribution in [3.63, 3.8) is 0 Å². The first-order valence-corrected chi connectivity index (χ1v) is 7.98. The van der Waals surface area contributed by atoms with Gasteiger partial charge in [0.1, 0.15) is 0 Å². The lowest BCUT2D eigenvalue weighted by atomic mass is 9.74. The molecule has 132 valence electrons. The summed E-state index contributed by atoms with van der Waals surface area (Å²) in [5, 5.41) is 11.0. The molecule has 2 aromatic rings. The van der Waals surface area contributed by atoms with Crippen LogP contribution in [0.4, 0.5) is 13.2 Å². The molecule has 0 amide bonds. The average molecular weight is 416 g/mol. The number of alkyl halides is 3. The Balaban J connectivity index is 2.55. The second kappa shape index (κ2) is 7.35. The Labute approximate surface area is 149 Å². The van der Waals surface area contributed by atoms with Crippen LogP contribution in [-0.4, -0.2) is 23.4 Å². The van der Waals surface area contributed by atoms with Gasteiger partial charge in [0, 0.05) is 21.4 Å². The van der Waals surface area contributed by atoms with Gasteiger partial charge in [-0.1, -0.05) is 58.4 Å². The number of nitrogens with zero attached hydrogens (tertiary/aromatic N) is 1. The summed E-state index contributed by atoms with van der Waals surface area (Å²) in [5.41, 5.74) is -3.13. The summed E-state index contributed by atoms with van der Waals surface area (Å²) < 4.78 is 42.3. The van der Waals surface area contributed by atoms with Crippen LogP contribution in [0.2, 0.25) is 0 Å². The molecule has 0 heterocycles. The van der Waals surface area contributed by atoms with Gasteiger partial charge in [-0.05, 0) is 17.7 Å². The molecule has 2 rings (SSSR count). The second-order valence-electron chi connectivity index (χ2n) is 5.54. The van der Waals surface area contributed by atoms with Crippen molar-refractivity contribution in [2.24, 2.45) is 0 Å². The molecule has 0 aromatic heterocycles. The number of hydrogen-bond donors (Lipinski definition) is 0. The minimum atomic E-state index is -4.97. The van der Waals surface area contributed by atoms with Gasteiger partial charge in [0.2, 0.25) is 6.54 Å². The van der Waals surface area contributed by atoms with E-state index in [0.29, 0.717) is 4.47 Å². The molecule has 0 N–H and O–H groups in total. The number of rotatable bonds is 6. The third kappa shape index (κ3) is 4.25. The third-order valence-electron chi connectivity index (χ3n) is 3.90. The molecule has 8 heteroatoms. The van der Waals surface area contributed by atoms with E-state index in [9.17, 15) is 28.1 Å². The highest BCUT2D eigenvalue weighted by atomic mass is 79.9. The molecule has 0 aliphatic heterocycles. The minimum absolute atomic E-state index is 0.0802. The van der Waals surface area contributed by atoms with Gasteiger partial charge in [-0.25, -0.2) is 0 Å². The van der Waals surface area contributed by atoms with Gasteiger partial charge in [0.15, 0.2) is 11.2 Å². The Morgan fingerprint density at radius 1 is 1.04 bits per heavy atom. The monoisotopic (exact) mass is 415 g/mol. The summed E-state index contributed by atoms with van der Waals surface area (Å²) in [7, 11) is 0. The first-order chi connectivity index (χ1) is 11.7. The van der Waals surface area contributed by atoms with E-state index in [1.807, 2.05) is 0 Å². The summed E-state index contributed by atoms with van der Waals surface area (Å²) in [5.74, 6) is -0.803. The van der Waals surface area contributed by atoms with E-state index in [2.05, 4.69) is 15.9 Å². The SMILES string of the molecule is O=C(C[C@](C[N+](=O)[O-])(c1ccc(Br)cc1)C(F)(F)F)c1ccccc1. The van der Waals surface area contributed by atoms with E-state index in [4.69, 9.17) is 0 Å². The Morgan fingerprint density at radius 2 is 1.60 bits per heavy atom. The number of halogens is 4. The lowest BCUT2D eigenvalue weighted by molar-refractivity contribution is -0.501. The van der Waals surface area contributed by atoms with Gasteiger partial charge in [-0.2, -0.15) is 13.2 Å². The third-order valence-corrected chi connectivity index (χ3v) is 4.43. The summed E-state index contributed by atoms with van der Waals surface area (Å²) in [6.45, 7) is -1.42. The van der Waals surface area contributed by atoms with Crippen LogP contribution in [0.1, 0.15) is 22.3 Å². The van der Waals surface area contributed by atoms with Crippen LogP contribution < -0.4 is 0 Å². The van der Waals surface area contributed by atoms with Crippen molar-refractivity contribution in [3.8, 4) is 0 Å². The van der Waals surface area contributed by atoms with Crippen LogP contribution in [0.5, 0.6) is 0 Å². The fourth-order valence-electron chi connectivity index (χ4n) is 2.59. The number of benzene rings is 2. The van der Waals surface area contributed by atoms with Crippen LogP contribution in [0.25, 0.3) is 0 Å². The van der Waals surface area contributed by atoms with Crippen molar-refractivity contribution in [1.29, 1.82) is 0 Å². The zero-order valence-electron chi connectivity index (χ0n) is 12.8. The number of Topliss-reactive ketones (excluding diaryl/α,β-unsaturated/α-hetero) is 1. The molecule has 0 fully saturated rings. The molecule has 1 atom stereocenters. The fourth-order valence-corrected chi connectivity index (χ4v) is 2.86. The zero-order chi connectivity index (χ0) is 18.7. The van der Waals surface area contributed by atoms with Crippen molar-refractivity contribution < 1.29 is 22.9 Å². The largest absolute Gasteiger partial charge is 0.405 e. The highest BCUT2D eigenvalue weighted by molar-refractivity contribution is 9.10. The van der Waals surface area contributed by atoms with Crippen molar-refractivity contribution in [3.05, 3.63) is 80.3 Å². The van der Waals surface area contributed by atoms with Crippen LogP contribution in [0, 0.1) is 10.1 Å². The van der Waals surface area contributed by atoms with E-state index in [1.165, 1.54) is 36.4 Å². The number of carbonyl (C=O) groups excluding carboxylic acids is 1. The standard InChI is InChI=1S/C17H13BrF3NO3/c18-14-8-6-13(7-9-14)16(11-22(24)25,17(19,20)21)10-15(23)12-4-2-1-3-5-12/h1-9H,10-11H2/t16-/m0/s1. The van der Waals surface area contributed by atoms with Crippen molar-refractivity contribution in [1.82, 2.24) is 0 Å². The first-order valence-electron chi connectivity index (χ1n) is 7.18. The first kappa shape index (κ1) is 19.1. The number of hydrogen-bond acceptors (Lipinski definition) is 3. The number of nitro groups is 1. The smallest absolute Gasteiger partial charge is 0.294 e. The van der Waals surface area contributed by atoms with E-state index >= 15 is 0 Å². The molecule has 25 heavy (non-hydrogen) atoms. The molecule has 0 saturated carbocycles. The highest BCUT2D eigenvalue weighted by Crippen LogP contribution is 2.45. The van der Waals surface area contributed by atoms with Gasteiger partial charge >= 0.3 is 6.18 Å². The Bertz CT molecular complexity index is 763. The molecular weight excluding hydrogens is 403 g/mol. The van der Waals surface area contributed by atoms with Gasteiger partial charge in [-0.15, -0.1) is 0 Å². The maximum absolute atomic E-state index is 13.9.